The van der Waals surface area contributed by atoms with Gasteiger partial charge in [0.05, 0.1) is 18.8 Å². The first-order valence-corrected chi connectivity index (χ1v) is 6.12. The first-order valence-electron chi connectivity index (χ1n) is 6.12. The second kappa shape index (κ2) is 4.34. The van der Waals surface area contributed by atoms with E-state index in [1.54, 1.807) is 6.92 Å². The molecule has 1 saturated heterocycles. The van der Waals surface area contributed by atoms with Gasteiger partial charge < -0.3 is 14.6 Å². The molecule has 0 aromatic rings. The van der Waals surface area contributed by atoms with Gasteiger partial charge in [-0.2, -0.15) is 0 Å². The first-order chi connectivity index (χ1) is 7.65. The topological polar surface area (TPSA) is 55.8 Å². The molecule has 1 unspecified atom stereocenters. The predicted molar refractivity (Wildman–Crippen MR) is 57.9 cm³/mol. The summed E-state index contributed by atoms with van der Waals surface area (Å²) in [5.41, 5.74) is -1.71. The monoisotopic (exact) mass is 228 g/mol. The van der Waals surface area contributed by atoms with Crippen LogP contribution in [0.1, 0.15) is 39.0 Å². The molecule has 0 bridgehead atoms. The molecule has 1 heterocycles. The van der Waals surface area contributed by atoms with Crippen LogP contribution in [0.25, 0.3) is 0 Å². The quantitative estimate of drug-likeness (QED) is 0.739. The maximum atomic E-state index is 12.1. The van der Waals surface area contributed by atoms with Crippen LogP contribution in [0.5, 0.6) is 0 Å². The lowest BCUT2D eigenvalue weighted by Crippen LogP contribution is -2.53. The normalized spacial score (nSPS) is 32.9. The van der Waals surface area contributed by atoms with E-state index in [1.807, 2.05) is 0 Å². The van der Waals surface area contributed by atoms with E-state index in [2.05, 4.69) is 0 Å². The molecule has 0 amide bonds. The Morgan fingerprint density at radius 3 is 2.56 bits per heavy atom. The van der Waals surface area contributed by atoms with Crippen LogP contribution in [-0.4, -0.2) is 36.5 Å². The third kappa shape index (κ3) is 1.64. The van der Waals surface area contributed by atoms with Gasteiger partial charge in [-0.3, -0.25) is 4.79 Å². The van der Waals surface area contributed by atoms with Crippen LogP contribution in [0.4, 0.5) is 0 Å². The van der Waals surface area contributed by atoms with Gasteiger partial charge in [-0.1, -0.05) is 12.8 Å². The molecule has 1 aliphatic carbocycles. The zero-order valence-corrected chi connectivity index (χ0v) is 9.83. The van der Waals surface area contributed by atoms with Gasteiger partial charge in [0.2, 0.25) is 0 Å². The molecular formula is C12H20O4. The Balaban J connectivity index is 2.24. The fourth-order valence-electron chi connectivity index (χ4n) is 2.99. The molecule has 1 N–H and O–H groups in total. The van der Waals surface area contributed by atoms with Crippen molar-refractivity contribution in [3.63, 3.8) is 0 Å². The van der Waals surface area contributed by atoms with Gasteiger partial charge in [0.25, 0.3) is 0 Å². The molecule has 4 nitrogen and oxygen atoms in total. The minimum absolute atomic E-state index is 0.281. The minimum atomic E-state index is -0.907. The van der Waals surface area contributed by atoms with Crippen LogP contribution in [-0.2, 0) is 14.3 Å². The molecule has 0 spiro atoms. The summed E-state index contributed by atoms with van der Waals surface area (Å²) in [5.74, 6) is -0.281. The Labute approximate surface area is 95.9 Å². The SMILES string of the molecule is CCOC(=O)C1(C2(O)CCCC2)CCOC1. The van der Waals surface area contributed by atoms with Gasteiger partial charge in [0, 0.05) is 6.61 Å². The van der Waals surface area contributed by atoms with Gasteiger partial charge in [0.1, 0.15) is 5.41 Å². The lowest BCUT2D eigenvalue weighted by Gasteiger charge is -2.39. The van der Waals surface area contributed by atoms with E-state index in [9.17, 15) is 9.90 Å². The van der Waals surface area contributed by atoms with Crippen LogP contribution in [0.2, 0.25) is 0 Å². The van der Waals surface area contributed by atoms with Crippen LogP contribution in [0, 0.1) is 5.41 Å². The molecule has 4 heteroatoms. The van der Waals surface area contributed by atoms with E-state index < -0.39 is 11.0 Å². The molecule has 92 valence electrons. The molecule has 1 atom stereocenters. The van der Waals surface area contributed by atoms with Crippen molar-refractivity contribution in [1.82, 2.24) is 0 Å². The number of ether oxygens (including phenoxy) is 2. The number of carbonyl (C=O) groups is 1. The van der Waals surface area contributed by atoms with Crippen molar-refractivity contribution in [2.45, 2.75) is 44.6 Å². The summed E-state index contributed by atoms with van der Waals surface area (Å²) in [7, 11) is 0. The van der Waals surface area contributed by atoms with Crippen molar-refractivity contribution in [1.29, 1.82) is 0 Å². The molecule has 0 aromatic carbocycles. The molecule has 2 fully saturated rings. The van der Waals surface area contributed by atoms with E-state index in [1.165, 1.54) is 0 Å². The van der Waals surface area contributed by atoms with E-state index in [0.29, 0.717) is 39.1 Å². The predicted octanol–water partition coefficient (Wildman–Crippen LogP) is 1.26. The Morgan fingerprint density at radius 1 is 1.38 bits per heavy atom. The highest BCUT2D eigenvalue weighted by molar-refractivity contribution is 5.79. The molecular weight excluding hydrogens is 208 g/mol. The van der Waals surface area contributed by atoms with Crippen LogP contribution >= 0.6 is 0 Å². The summed E-state index contributed by atoms with van der Waals surface area (Å²) in [6.07, 6.45) is 3.93. The van der Waals surface area contributed by atoms with Crippen molar-refractivity contribution in [3.05, 3.63) is 0 Å². The van der Waals surface area contributed by atoms with E-state index >= 15 is 0 Å². The van der Waals surface area contributed by atoms with Crippen LogP contribution in [0.15, 0.2) is 0 Å². The highest BCUT2D eigenvalue weighted by Gasteiger charge is 2.59. The average Bonchev–Trinajstić information content (AvgIpc) is 2.87. The second-order valence-electron chi connectivity index (χ2n) is 4.84. The van der Waals surface area contributed by atoms with Crippen molar-refractivity contribution < 1.29 is 19.4 Å². The number of aliphatic hydroxyl groups is 1. The number of rotatable bonds is 3. The Bertz CT molecular complexity index is 262. The summed E-state index contributed by atoms with van der Waals surface area (Å²) in [4.78, 5) is 12.1. The molecule has 1 aliphatic heterocycles. The molecule has 0 aromatic heterocycles. The number of carbonyl (C=O) groups excluding carboxylic acids is 1. The third-order valence-electron chi connectivity index (χ3n) is 4.01. The average molecular weight is 228 g/mol. The Hall–Kier alpha value is -0.610. The number of esters is 1. The summed E-state index contributed by atoms with van der Waals surface area (Å²) in [6.45, 7) is 3.00. The van der Waals surface area contributed by atoms with E-state index in [-0.39, 0.29) is 5.97 Å². The van der Waals surface area contributed by atoms with Crippen LogP contribution in [0.3, 0.4) is 0 Å². The molecule has 1 saturated carbocycles. The third-order valence-corrected chi connectivity index (χ3v) is 4.01. The smallest absolute Gasteiger partial charge is 0.317 e. The molecule has 2 aliphatic rings. The zero-order chi connectivity index (χ0) is 11.6. The number of hydrogen-bond acceptors (Lipinski definition) is 4. The largest absolute Gasteiger partial charge is 0.465 e. The Morgan fingerprint density at radius 2 is 2.06 bits per heavy atom. The van der Waals surface area contributed by atoms with Crippen molar-refractivity contribution in [2.24, 2.45) is 5.41 Å². The maximum Gasteiger partial charge on any atom is 0.317 e. The van der Waals surface area contributed by atoms with Gasteiger partial charge in [-0.15, -0.1) is 0 Å². The molecule has 0 radical (unpaired) electrons. The lowest BCUT2D eigenvalue weighted by molar-refractivity contribution is -0.175. The zero-order valence-electron chi connectivity index (χ0n) is 9.83. The fraction of sp³-hybridized carbons (Fsp3) is 0.917. The minimum Gasteiger partial charge on any atom is -0.465 e. The van der Waals surface area contributed by atoms with Gasteiger partial charge >= 0.3 is 5.97 Å². The van der Waals surface area contributed by atoms with Gasteiger partial charge in [0.15, 0.2) is 0 Å². The Kier molecular flexibility index (Phi) is 3.22. The second-order valence-corrected chi connectivity index (χ2v) is 4.84. The van der Waals surface area contributed by atoms with E-state index in [0.717, 1.165) is 12.8 Å². The first kappa shape index (κ1) is 11.9. The van der Waals surface area contributed by atoms with Gasteiger partial charge in [-0.25, -0.2) is 0 Å². The standard InChI is InChI=1S/C12H20O4/c1-2-16-10(13)11(7-8-15-9-11)12(14)5-3-4-6-12/h14H,2-9H2,1H3. The van der Waals surface area contributed by atoms with Gasteiger partial charge in [-0.05, 0) is 26.2 Å². The molecule has 16 heavy (non-hydrogen) atoms. The highest BCUT2D eigenvalue weighted by atomic mass is 16.5. The van der Waals surface area contributed by atoms with Crippen molar-refractivity contribution >= 4 is 5.97 Å². The van der Waals surface area contributed by atoms with E-state index in [4.69, 9.17) is 9.47 Å². The lowest BCUT2D eigenvalue weighted by atomic mass is 9.70. The van der Waals surface area contributed by atoms with Crippen molar-refractivity contribution in [3.8, 4) is 0 Å². The summed E-state index contributed by atoms with van der Waals surface area (Å²) in [5, 5.41) is 10.7. The number of hydrogen-bond donors (Lipinski definition) is 1. The maximum absolute atomic E-state index is 12.1. The summed E-state index contributed by atoms with van der Waals surface area (Å²) in [6, 6.07) is 0. The fourth-order valence-corrected chi connectivity index (χ4v) is 2.99. The summed E-state index contributed by atoms with van der Waals surface area (Å²) < 4.78 is 10.5. The van der Waals surface area contributed by atoms with Crippen molar-refractivity contribution in [2.75, 3.05) is 19.8 Å². The summed E-state index contributed by atoms with van der Waals surface area (Å²) >= 11 is 0. The highest BCUT2D eigenvalue weighted by Crippen LogP contribution is 2.49. The molecule has 2 rings (SSSR count). The van der Waals surface area contributed by atoms with Crippen LogP contribution < -0.4 is 0 Å².